The minimum atomic E-state index is 0.176. The molecule has 2 atom stereocenters. The third kappa shape index (κ3) is 3.78. The maximum Gasteiger partial charge on any atom is 0.219 e. The molecule has 5 heteroatoms. The molecule has 126 valence electrons. The lowest BCUT2D eigenvalue weighted by Crippen LogP contribution is -2.48. The second-order valence-corrected chi connectivity index (χ2v) is 6.67. The summed E-state index contributed by atoms with van der Waals surface area (Å²) in [5.41, 5.74) is 2.50. The van der Waals surface area contributed by atoms with E-state index in [1.54, 1.807) is 6.92 Å². The molecule has 0 aromatic heterocycles. The molecule has 5 nitrogen and oxygen atoms in total. The van der Waals surface area contributed by atoms with Crippen molar-refractivity contribution in [1.82, 2.24) is 4.90 Å². The summed E-state index contributed by atoms with van der Waals surface area (Å²) in [5, 5.41) is 0. The van der Waals surface area contributed by atoms with Crippen molar-refractivity contribution in [1.29, 1.82) is 0 Å². The highest BCUT2D eigenvalue weighted by Gasteiger charge is 2.23. The fourth-order valence-corrected chi connectivity index (χ4v) is 3.54. The third-order valence-corrected chi connectivity index (χ3v) is 4.72. The Morgan fingerprint density at radius 1 is 0.913 bits per heavy atom. The molecule has 0 spiro atoms. The monoisotopic (exact) mass is 317 g/mol. The Labute approximate surface area is 138 Å². The molecule has 0 bridgehead atoms. The van der Waals surface area contributed by atoms with Gasteiger partial charge >= 0.3 is 0 Å². The zero-order valence-corrected chi connectivity index (χ0v) is 14.4. The smallest absolute Gasteiger partial charge is 0.219 e. The van der Waals surface area contributed by atoms with E-state index in [1.165, 1.54) is 11.4 Å². The summed E-state index contributed by atoms with van der Waals surface area (Å²) < 4.78 is 5.80. The number of amides is 1. The molecule has 2 aliphatic heterocycles. The molecule has 2 heterocycles. The highest BCUT2D eigenvalue weighted by atomic mass is 16.5. The van der Waals surface area contributed by atoms with Gasteiger partial charge in [-0.15, -0.1) is 0 Å². The van der Waals surface area contributed by atoms with Gasteiger partial charge in [-0.2, -0.15) is 0 Å². The van der Waals surface area contributed by atoms with E-state index < -0.39 is 0 Å². The van der Waals surface area contributed by atoms with Crippen molar-refractivity contribution in [2.45, 2.75) is 33.0 Å². The molecular weight excluding hydrogens is 290 g/mol. The Morgan fingerprint density at radius 2 is 1.39 bits per heavy atom. The van der Waals surface area contributed by atoms with Crippen LogP contribution < -0.4 is 9.80 Å². The van der Waals surface area contributed by atoms with Crippen LogP contribution in [0.15, 0.2) is 24.3 Å². The van der Waals surface area contributed by atoms with Crippen molar-refractivity contribution in [3.05, 3.63) is 24.3 Å². The van der Waals surface area contributed by atoms with Crippen molar-refractivity contribution in [2.75, 3.05) is 49.1 Å². The van der Waals surface area contributed by atoms with Crippen LogP contribution in [0.2, 0.25) is 0 Å². The van der Waals surface area contributed by atoms with E-state index in [0.29, 0.717) is 0 Å². The number of hydrogen-bond acceptors (Lipinski definition) is 4. The van der Waals surface area contributed by atoms with Crippen molar-refractivity contribution >= 4 is 17.3 Å². The van der Waals surface area contributed by atoms with Crippen molar-refractivity contribution in [2.24, 2.45) is 0 Å². The van der Waals surface area contributed by atoms with Gasteiger partial charge in [0.25, 0.3) is 0 Å². The lowest BCUT2D eigenvalue weighted by Gasteiger charge is -2.38. The zero-order valence-electron chi connectivity index (χ0n) is 14.4. The van der Waals surface area contributed by atoms with E-state index in [4.69, 9.17) is 4.74 Å². The Morgan fingerprint density at radius 3 is 1.87 bits per heavy atom. The molecule has 1 aromatic carbocycles. The number of piperazine rings is 1. The first kappa shape index (κ1) is 16.1. The molecule has 0 radical (unpaired) electrons. The van der Waals surface area contributed by atoms with Crippen LogP contribution in [-0.2, 0) is 9.53 Å². The number of carbonyl (C=O) groups is 1. The van der Waals surface area contributed by atoms with E-state index in [1.807, 2.05) is 4.90 Å². The van der Waals surface area contributed by atoms with Crippen LogP contribution in [0, 0.1) is 0 Å². The van der Waals surface area contributed by atoms with Gasteiger partial charge in [0.1, 0.15) is 0 Å². The van der Waals surface area contributed by atoms with Crippen LogP contribution in [-0.4, -0.2) is 62.3 Å². The molecule has 0 saturated carbocycles. The van der Waals surface area contributed by atoms with Crippen LogP contribution in [0.4, 0.5) is 11.4 Å². The lowest BCUT2D eigenvalue weighted by molar-refractivity contribution is -0.129. The van der Waals surface area contributed by atoms with Gasteiger partial charge in [-0.05, 0) is 38.1 Å². The van der Waals surface area contributed by atoms with Gasteiger partial charge in [0.15, 0.2) is 0 Å². The number of nitrogens with zero attached hydrogens (tertiary/aromatic N) is 3. The van der Waals surface area contributed by atoms with Crippen LogP contribution in [0.1, 0.15) is 20.8 Å². The molecule has 0 N–H and O–H groups in total. The Hall–Kier alpha value is -1.75. The molecule has 1 amide bonds. The summed E-state index contributed by atoms with van der Waals surface area (Å²) >= 11 is 0. The molecular formula is C18H27N3O2. The standard InChI is InChI=1S/C18H27N3O2/c1-14-12-21(13-15(2)23-14)18-6-4-17(5-7-18)20-10-8-19(9-11-20)16(3)22/h4-7,14-15H,8-13H2,1-3H3. The van der Waals surface area contributed by atoms with E-state index in [9.17, 15) is 4.79 Å². The molecule has 1 aromatic rings. The molecule has 3 rings (SSSR count). The predicted molar refractivity (Wildman–Crippen MR) is 93.1 cm³/mol. The summed E-state index contributed by atoms with van der Waals surface area (Å²) in [5.74, 6) is 0.176. The second-order valence-electron chi connectivity index (χ2n) is 6.67. The van der Waals surface area contributed by atoms with Crippen molar-refractivity contribution in [3.8, 4) is 0 Å². The first-order valence-corrected chi connectivity index (χ1v) is 8.54. The van der Waals surface area contributed by atoms with Gasteiger partial charge in [0, 0.05) is 57.6 Å². The van der Waals surface area contributed by atoms with Gasteiger partial charge < -0.3 is 19.4 Å². The summed E-state index contributed by atoms with van der Waals surface area (Å²) in [4.78, 5) is 18.1. The fourth-order valence-electron chi connectivity index (χ4n) is 3.54. The van der Waals surface area contributed by atoms with Gasteiger partial charge in [-0.25, -0.2) is 0 Å². The Balaban J connectivity index is 1.62. The fraction of sp³-hybridized carbons (Fsp3) is 0.611. The number of carbonyl (C=O) groups excluding carboxylic acids is 1. The quantitative estimate of drug-likeness (QED) is 0.835. The third-order valence-electron chi connectivity index (χ3n) is 4.72. The number of ether oxygens (including phenoxy) is 1. The summed E-state index contributed by atoms with van der Waals surface area (Å²) in [7, 11) is 0. The van der Waals surface area contributed by atoms with Crippen LogP contribution >= 0.6 is 0 Å². The Bertz CT molecular complexity index is 528. The van der Waals surface area contributed by atoms with Gasteiger partial charge in [0.2, 0.25) is 5.91 Å². The number of hydrogen-bond donors (Lipinski definition) is 0. The maximum absolute atomic E-state index is 11.4. The molecule has 2 aliphatic rings. The molecule has 2 saturated heterocycles. The Kier molecular flexibility index (Phi) is 4.76. The first-order chi connectivity index (χ1) is 11.0. The number of morpholine rings is 1. The zero-order chi connectivity index (χ0) is 16.4. The topological polar surface area (TPSA) is 36.0 Å². The van der Waals surface area contributed by atoms with E-state index in [0.717, 1.165) is 39.3 Å². The average Bonchev–Trinajstić information content (AvgIpc) is 2.54. The van der Waals surface area contributed by atoms with Gasteiger partial charge in [-0.3, -0.25) is 4.79 Å². The van der Waals surface area contributed by atoms with Crippen molar-refractivity contribution < 1.29 is 9.53 Å². The van der Waals surface area contributed by atoms with Crippen LogP contribution in [0.3, 0.4) is 0 Å². The minimum absolute atomic E-state index is 0.176. The van der Waals surface area contributed by atoms with Gasteiger partial charge in [-0.1, -0.05) is 0 Å². The molecule has 23 heavy (non-hydrogen) atoms. The average molecular weight is 317 g/mol. The molecule has 2 unspecified atom stereocenters. The second kappa shape index (κ2) is 6.79. The highest BCUT2D eigenvalue weighted by Crippen LogP contribution is 2.24. The van der Waals surface area contributed by atoms with E-state index in [-0.39, 0.29) is 18.1 Å². The minimum Gasteiger partial charge on any atom is -0.372 e. The normalized spacial score (nSPS) is 25.6. The maximum atomic E-state index is 11.4. The molecule has 0 aliphatic carbocycles. The first-order valence-electron chi connectivity index (χ1n) is 8.54. The summed E-state index contributed by atoms with van der Waals surface area (Å²) in [6.07, 6.45) is 0.552. The van der Waals surface area contributed by atoms with Crippen LogP contribution in [0.5, 0.6) is 0 Å². The van der Waals surface area contributed by atoms with Gasteiger partial charge in [0.05, 0.1) is 12.2 Å². The molecule has 2 fully saturated rings. The van der Waals surface area contributed by atoms with Crippen molar-refractivity contribution in [3.63, 3.8) is 0 Å². The number of benzene rings is 1. The number of anilines is 2. The predicted octanol–water partition coefficient (Wildman–Crippen LogP) is 1.97. The summed E-state index contributed by atoms with van der Waals surface area (Å²) in [6, 6.07) is 8.81. The van der Waals surface area contributed by atoms with E-state index in [2.05, 4.69) is 47.9 Å². The van der Waals surface area contributed by atoms with Crippen LogP contribution in [0.25, 0.3) is 0 Å². The SMILES string of the molecule is CC(=O)N1CCN(c2ccc(N3CC(C)OC(C)C3)cc2)CC1. The van der Waals surface area contributed by atoms with E-state index >= 15 is 0 Å². The highest BCUT2D eigenvalue weighted by molar-refractivity contribution is 5.73. The largest absolute Gasteiger partial charge is 0.372 e. The summed E-state index contributed by atoms with van der Waals surface area (Å²) in [6.45, 7) is 11.2. The lowest BCUT2D eigenvalue weighted by atomic mass is 10.1. The number of rotatable bonds is 2.